The van der Waals surface area contributed by atoms with Crippen LogP contribution in [0.5, 0.6) is 0 Å². The normalized spacial score (nSPS) is 11.1. The van der Waals surface area contributed by atoms with Crippen molar-refractivity contribution in [3.8, 4) is 0 Å². The average molecular weight is 434 g/mol. The first kappa shape index (κ1) is 23.7. The summed E-state index contributed by atoms with van der Waals surface area (Å²) in [6, 6.07) is 15.6. The number of carbonyl (C=O) groups is 1. The molecule has 2 aromatic carbocycles. The summed E-state index contributed by atoms with van der Waals surface area (Å²) in [4.78, 5) is 16.3. The van der Waals surface area contributed by atoms with Gasteiger partial charge in [-0.25, -0.2) is 14.5 Å². The fraction of sp³-hybridized carbons (Fsp3) is 0.444. The van der Waals surface area contributed by atoms with Crippen LogP contribution in [0.25, 0.3) is 0 Å². The van der Waals surface area contributed by atoms with E-state index >= 15 is 0 Å². The van der Waals surface area contributed by atoms with E-state index in [1.54, 1.807) is 12.1 Å². The standard InChI is InChI=1S/C27H35N3O2/c1-3-5-7-13-25-28-26(14-8-6-4-2)30(29-25)20-22-17-15-21(16-18-22)19-23-11-9-10-12-24(23)27(31)32/h9-12,15-18H,3-8,13-14,19-20H2,1-2H3,(H,31,32). The zero-order valence-electron chi connectivity index (χ0n) is 19.4. The second-order valence-corrected chi connectivity index (χ2v) is 8.47. The van der Waals surface area contributed by atoms with Gasteiger partial charge in [0.2, 0.25) is 0 Å². The Morgan fingerprint density at radius 2 is 1.53 bits per heavy atom. The van der Waals surface area contributed by atoms with Crippen molar-refractivity contribution in [3.05, 3.63) is 82.4 Å². The van der Waals surface area contributed by atoms with Crippen LogP contribution in [0.2, 0.25) is 0 Å². The lowest BCUT2D eigenvalue weighted by Gasteiger charge is -2.09. The van der Waals surface area contributed by atoms with Gasteiger partial charge in [-0.1, -0.05) is 82.0 Å². The van der Waals surface area contributed by atoms with Crippen LogP contribution < -0.4 is 0 Å². The van der Waals surface area contributed by atoms with E-state index in [-0.39, 0.29) is 0 Å². The van der Waals surface area contributed by atoms with Crippen molar-refractivity contribution < 1.29 is 9.90 Å². The van der Waals surface area contributed by atoms with Gasteiger partial charge in [0.15, 0.2) is 5.82 Å². The molecular formula is C27H35N3O2. The molecule has 5 nitrogen and oxygen atoms in total. The molecule has 3 aromatic rings. The zero-order valence-corrected chi connectivity index (χ0v) is 19.4. The maximum Gasteiger partial charge on any atom is 0.335 e. The molecule has 1 heterocycles. The quantitative estimate of drug-likeness (QED) is 0.332. The first-order chi connectivity index (χ1) is 15.6. The molecular weight excluding hydrogens is 398 g/mol. The van der Waals surface area contributed by atoms with Crippen molar-refractivity contribution in [1.29, 1.82) is 0 Å². The van der Waals surface area contributed by atoms with E-state index < -0.39 is 5.97 Å². The number of hydrogen-bond acceptors (Lipinski definition) is 3. The summed E-state index contributed by atoms with van der Waals surface area (Å²) in [5.74, 6) is 1.17. The molecule has 0 atom stereocenters. The highest BCUT2D eigenvalue weighted by molar-refractivity contribution is 5.89. The summed E-state index contributed by atoms with van der Waals surface area (Å²) in [5, 5.41) is 14.2. The number of rotatable bonds is 13. The maximum atomic E-state index is 11.5. The van der Waals surface area contributed by atoms with Gasteiger partial charge in [-0.15, -0.1) is 0 Å². The van der Waals surface area contributed by atoms with Crippen LogP contribution in [-0.2, 0) is 25.8 Å². The number of unbranched alkanes of at least 4 members (excludes halogenated alkanes) is 4. The number of aromatic carboxylic acids is 1. The number of hydrogen-bond donors (Lipinski definition) is 1. The second kappa shape index (κ2) is 12.2. The summed E-state index contributed by atoms with van der Waals surface area (Å²) in [7, 11) is 0. The SMILES string of the molecule is CCCCCc1nc(CCCCC)n(Cc2ccc(Cc3ccccc3C(=O)O)cc2)n1. The summed E-state index contributed by atoms with van der Waals surface area (Å²) >= 11 is 0. The number of nitrogens with zero attached hydrogens (tertiary/aromatic N) is 3. The Bertz CT molecular complexity index is 992. The van der Waals surface area contributed by atoms with Gasteiger partial charge in [-0.2, -0.15) is 5.10 Å². The number of carboxylic acid groups (broad SMARTS) is 1. The van der Waals surface area contributed by atoms with E-state index in [1.807, 2.05) is 12.1 Å². The van der Waals surface area contributed by atoms with Crippen LogP contribution in [0.3, 0.4) is 0 Å². The Morgan fingerprint density at radius 1 is 0.875 bits per heavy atom. The molecule has 0 aliphatic carbocycles. The first-order valence-corrected chi connectivity index (χ1v) is 11.9. The van der Waals surface area contributed by atoms with Crippen molar-refractivity contribution >= 4 is 5.97 Å². The molecule has 0 aliphatic rings. The molecule has 1 N–H and O–H groups in total. The Balaban J connectivity index is 1.70. The molecule has 0 fully saturated rings. The van der Waals surface area contributed by atoms with E-state index in [0.29, 0.717) is 18.5 Å². The summed E-state index contributed by atoms with van der Waals surface area (Å²) in [6.07, 6.45) is 9.64. The molecule has 170 valence electrons. The lowest BCUT2D eigenvalue weighted by Crippen LogP contribution is -2.07. The minimum absolute atomic E-state index is 0.367. The Hall–Kier alpha value is -2.95. The van der Waals surface area contributed by atoms with Crippen LogP contribution in [-0.4, -0.2) is 25.8 Å². The Labute approximate surface area is 191 Å². The summed E-state index contributed by atoms with van der Waals surface area (Å²) in [5.41, 5.74) is 3.48. The van der Waals surface area contributed by atoms with Crippen molar-refractivity contribution in [2.24, 2.45) is 0 Å². The van der Waals surface area contributed by atoms with Gasteiger partial charge >= 0.3 is 5.97 Å². The molecule has 0 saturated heterocycles. The molecule has 5 heteroatoms. The third-order valence-electron chi connectivity index (χ3n) is 5.80. The van der Waals surface area contributed by atoms with Crippen LogP contribution in [0, 0.1) is 0 Å². The molecule has 1 aromatic heterocycles. The number of benzene rings is 2. The molecule has 0 spiro atoms. The largest absolute Gasteiger partial charge is 0.478 e. The van der Waals surface area contributed by atoms with E-state index in [1.165, 1.54) is 31.2 Å². The summed E-state index contributed by atoms with van der Waals surface area (Å²) < 4.78 is 2.08. The topological polar surface area (TPSA) is 68.0 Å². The minimum Gasteiger partial charge on any atom is -0.478 e. The number of carboxylic acids is 1. The zero-order chi connectivity index (χ0) is 22.8. The van der Waals surface area contributed by atoms with E-state index in [0.717, 1.165) is 48.5 Å². The van der Waals surface area contributed by atoms with E-state index in [9.17, 15) is 9.90 Å². The van der Waals surface area contributed by atoms with Gasteiger partial charge in [-0.3, -0.25) is 0 Å². The number of aryl methyl sites for hydroxylation is 2. The predicted molar refractivity (Wildman–Crippen MR) is 128 cm³/mol. The van der Waals surface area contributed by atoms with Crippen molar-refractivity contribution in [2.45, 2.75) is 78.2 Å². The Kier molecular flexibility index (Phi) is 9.02. The minimum atomic E-state index is -0.881. The molecule has 0 aliphatic heterocycles. The van der Waals surface area contributed by atoms with Gasteiger partial charge in [0, 0.05) is 12.8 Å². The number of aromatic nitrogens is 3. The van der Waals surface area contributed by atoms with Crippen LogP contribution in [0.15, 0.2) is 48.5 Å². The lowest BCUT2D eigenvalue weighted by molar-refractivity contribution is 0.0696. The molecule has 0 saturated carbocycles. The first-order valence-electron chi connectivity index (χ1n) is 11.9. The van der Waals surface area contributed by atoms with Gasteiger partial charge in [0.1, 0.15) is 5.82 Å². The highest BCUT2D eigenvalue weighted by Crippen LogP contribution is 2.17. The van der Waals surface area contributed by atoms with Gasteiger partial charge in [0.25, 0.3) is 0 Å². The summed E-state index contributed by atoms with van der Waals surface area (Å²) in [6.45, 7) is 5.15. The fourth-order valence-electron chi connectivity index (χ4n) is 3.95. The third-order valence-corrected chi connectivity index (χ3v) is 5.80. The third kappa shape index (κ3) is 6.78. The molecule has 3 rings (SSSR count). The highest BCUT2D eigenvalue weighted by atomic mass is 16.4. The fourth-order valence-corrected chi connectivity index (χ4v) is 3.95. The van der Waals surface area contributed by atoms with Crippen LogP contribution >= 0.6 is 0 Å². The van der Waals surface area contributed by atoms with E-state index in [4.69, 9.17) is 10.1 Å². The van der Waals surface area contributed by atoms with Gasteiger partial charge < -0.3 is 5.11 Å². The average Bonchev–Trinajstić information content (AvgIpc) is 3.17. The molecule has 0 amide bonds. The molecule has 0 unspecified atom stereocenters. The van der Waals surface area contributed by atoms with Crippen molar-refractivity contribution in [1.82, 2.24) is 14.8 Å². The highest BCUT2D eigenvalue weighted by Gasteiger charge is 2.12. The van der Waals surface area contributed by atoms with Crippen LogP contribution in [0.4, 0.5) is 0 Å². The van der Waals surface area contributed by atoms with E-state index in [2.05, 4.69) is 42.8 Å². The van der Waals surface area contributed by atoms with Crippen molar-refractivity contribution in [2.75, 3.05) is 0 Å². The maximum absolute atomic E-state index is 11.5. The molecule has 0 radical (unpaired) electrons. The van der Waals surface area contributed by atoms with Gasteiger partial charge in [-0.05, 0) is 42.0 Å². The van der Waals surface area contributed by atoms with Gasteiger partial charge in [0.05, 0.1) is 12.1 Å². The lowest BCUT2D eigenvalue weighted by atomic mass is 9.99. The molecule has 32 heavy (non-hydrogen) atoms. The second-order valence-electron chi connectivity index (χ2n) is 8.47. The monoisotopic (exact) mass is 433 g/mol. The Morgan fingerprint density at radius 3 is 2.22 bits per heavy atom. The smallest absolute Gasteiger partial charge is 0.335 e. The van der Waals surface area contributed by atoms with Crippen molar-refractivity contribution in [3.63, 3.8) is 0 Å². The predicted octanol–water partition coefficient (Wildman–Crippen LogP) is 6.08. The van der Waals surface area contributed by atoms with Crippen LogP contribution in [0.1, 0.15) is 91.1 Å². The molecule has 0 bridgehead atoms.